The Morgan fingerprint density at radius 2 is 1.79 bits per heavy atom. The summed E-state index contributed by atoms with van der Waals surface area (Å²) >= 11 is 6.58. The molecular weight excluding hydrogens is 384 g/mol. The summed E-state index contributed by atoms with van der Waals surface area (Å²) in [5.41, 5.74) is 6.73. The molecular formula is C22H23ClN6. The molecule has 1 saturated heterocycles. The summed E-state index contributed by atoms with van der Waals surface area (Å²) in [6, 6.07) is 14.4. The van der Waals surface area contributed by atoms with Gasteiger partial charge in [0.2, 0.25) is 0 Å². The van der Waals surface area contributed by atoms with Crippen molar-refractivity contribution in [2.45, 2.75) is 6.92 Å². The lowest BCUT2D eigenvalue weighted by Crippen LogP contribution is -2.44. The first-order valence-corrected chi connectivity index (χ1v) is 10.2. The Labute approximate surface area is 175 Å². The Bertz CT molecular complexity index is 1090. The highest BCUT2D eigenvalue weighted by Gasteiger charge is 2.24. The molecule has 0 bridgehead atoms. The topological polar surface area (TPSA) is 59.6 Å². The number of halogens is 1. The van der Waals surface area contributed by atoms with E-state index in [1.807, 2.05) is 31.2 Å². The van der Waals surface area contributed by atoms with Crippen LogP contribution in [0.25, 0.3) is 0 Å². The van der Waals surface area contributed by atoms with Crippen molar-refractivity contribution in [3.8, 4) is 0 Å². The number of piperazine rings is 1. The predicted octanol–water partition coefficient (Wildman–Crippen LogP) is 4.35. The number of likely N-dealkylation sites (N-methyl/N-ethyl adjacent to an activating group) is 1. The van der Waals surface area contributed by atoms with Crippen molar-refractivity contribution in [1.29, 1.82) is 0 Å². The fourth-order valence-electron chi connectivity index (χ4n) is 3.90. The van der Waals surface area contributed by atoms with E-state index in [-0.39, 0.29) is 0 Å². The summed E-state index contributed by atoms with van der Waals surface area (Å²) in [4.78, 5) is 9.81. The third-order valence-corrected chi connectivity index (χ3v) is 5.98. The first-order valence-electron chi connectivity index (χ1n) is 9.83. The second kappa shape index (κ2) is 7.21. The van der Waals surface area contributed by atoms with Crippen LogP contribution in [0.4, 0.5) is 22.9 Å². The van der Waals surface area contributed by atoms with Gasteiger partial charge in [0, 0.05) is 53.7 Å². The number of aryl methyl sites for hydroxylation is 1. The standard InChI is InChI=1S/C22H23ClN6/c1-14-20-22(27-26-14)24-19-8-7-15(29-11-9-28(2)10-12-29)13-17(19)21(25-20)16-5-3-4-6-18(16)23/h3-8,13H,9-12H2,1-2H3,(H2,24,26,27). The monoisotopic (exact) mass is 406 g/mol. The van der Waals surface area contributed by atoms with E-state index in [0.29, 0.717) is 5.02 Å². The molecule has 2 aliphatic heterocycles. The molecule has 2 aromatic carbocycles. The molecule has 1 aromatic heterocycles. The Morgan fingerprint density at radius 3 is 2.59 bits per heavy atom. The molecule has 0 saturated carbocycles. The van der Waals surface area contributed by atoms with Crippen LogP contribution in [0.3, 0.4) is 0 Å². The number of benzene rings is 2. The normalized spacial score (nSPS) is 16.5. The smallest absolute Gasteiger partial charge is 0.178 e. The number of aromatic nitrogens is 2. The highest BCUT2D eigenvalue weighted by atomic mass is 35.5. The molecule has 7 heteroatoms. The van der Waals surface area contributed by atoms with Gasteiger partial charge in [-0.25, -0.2) is 4.99 Å². The van der Waals surface area contributed by atoms with Crippen LogP contribution in [0.5, 0.6) is 0 Å². The van der Waals surface area contributed by atoms with E-state index in [9.17, 15) is 0 Å². The van der Waals surface area contributed by atoms with E-state index < -0.39 is 0 Å². The number of hydrogen-bond donors (Lipinski definition) is 2. The number of hydrogen-bond acceptors (Lipinski definition) is 5. The molecule has 0 aliphatic carbocycles. The second-order valence-corrected chi connectivity index (χ2v) is 8.04. The SMILES string of the molecule is Cc1[nH]nc2c1N=C(c1ccccc1Cl)c1cc(N3CCN(C)CC3)ccc1N2. The molecule has 0 radical (unpaired) electrons. The summed E-state index contributed by atoms with van der Waals surface area (Å²) in [6.07, 6.45) is 0. The summed E-state index contributed by atoms with van der Waals surface area (Å²) in [7, 11) is 2.17. The van der Waals surface area contributed by atoms with Crippen molar-refractivity contribution in [2.24, 2.45) is 4.99 Å². The van der Waals surface area contributed by atoms with E-state index in [0.717, 1.165) is 65.9 Å². The summed E-state index contributed by atoms with van der Waals surface area (Å²) in [5, 5.41) is 11.6. The Morgan fingerprint density at radius 1 is 1.00 bits per heavy atom. The number of aliphatic imine (C=N–C) groups is 1. The molecule has 0 amide bonds. The quantitative estimate of drug-likeness (QED) is 0.519. The van der Waals surface area contributed by atoms with Gasteiger partial charge in [-0.3, -0.25) is 5.10 Å². The van der Waals surface area contributed by atoms with E-state index in [4.69, 9.17) is 16.6 Å². The largest absolute Gasteiger partial charge is 0.369 e. The lowest BCUT2D eigenvalue weighted by Gasteiger charge is -2.34. The van der Waals surface area contributed by atoms with E-state index in [1.165, 1.54) is 5.69 Å². The van der Waals surface area contributed by atoms with Crippen molar-refractivity contribution >= 4 is 40.2 Å². The fraction of sp³-hybridized carbons (Fsp3) is 0.273. The van der Waals surface area contributed by atoms with E-state index in [1.54, 1.807) is 0 Å². The number of fused-ring (bicyclic) bond motifs is 2. The summed E-state index contributed by atoms with van der Waals surface area (Å²) < 4.78 is 0. The second-order valence-electron chi connectivity index (χ2n) is 7.63. The maximum absolute atomic E-state index is 6.58. The highest BCUT2D eigenvalue weighted by molar-refractivity contribution is 6.36. The zero-order valence-corrected chi connectivity index (χ0v) is 17.3. The zero-order chi connectivity index (χ0) is 20.0. The van der Waals surface area contributed by atoms with Gasteiger partial charge in [-0.2, -0.15) is 5.10 Å². The van der Waals surface area contributed by atoms with Gasteiger partial charge in [-0.1, -0.05) is 29.8 Å². The van der Waals surface area contributed by atoms with Crippen LogP contribution in [-0.4, -0.2) is 54.0 Å². The maximum Gasteiger partial charge on any atom is 0.178 e. The number of nitrogens with zero attached hydrogens (tertiary/aromatic N) is 4. The zero-order valence-electron chi connectivity index (χ0n) is 16.5. The minimum Gasteiger partial charge on any atom is -0.369 e. The van der Waals surface area contributed by atoms with Crippen molar-refractivity contribution in [3.63, 3.8) is 0 Å². The summed E-state index contributed by atoms with van der Waals surface area (Å²) in [6.45, 7) is 6.14. The number of anilines is 3. The third kappa shape index (κ3) is 3.28. The van der Waals surface area contributed by atoms with Crippen LogP contribution in [0, 0.1) is 6.92 Å². The average molecular weight is 407 g/mol. The molecule has 0 atom stereocenters. The molecule has 5 rings (SSSR count). The molecule has 3 aromatic rings. The molecule has 2 N–H and O–H groups in total. The van der Waals surface area contributed by atoms with Crippen LogP contribution in [0.1, 0.15) is 16.8 Å². The number of aromatic amines is 1. The van der Waals surface area contributed by atoms with Gasteiger partial charge in [-0.05, 0) is 38.2 Å². The van der Waals surface area contributed by atoms with Gasteiger partial charge in [0.15, 0.2) is 5.82 Å². The molecule has 2 aliphatic rings. The maximum atomic E-state index is 6.58. The predicted molar refractivity (Wildman–Crippen MR) is 120 cm³/mol. The Balaban J connectivity index is 1.66. The van der Waals surface area contributed by atoms with Gasteiger partial charge < -0.3 is 15.1 Å². The van der Waals surface area contributed by atoms with Crippen molar-refractivity contribution in [3.05, 3.63) is 64.3 Å². The van der Waals surface area contributed by atoms with Crippen LogP contribution in [-0.2, 0) is 0 Å². The first-order chi connectivity index (χ1) is 14.1. The molecule has 6 nitrogen and oxygen atoms in total. The molecule has 3 heterocycles. The van der Waals surface area contributed by atoms with Crippen molar-refractivity contribution in [1.82, 2.24) is 15.1 Å². The number of nitrogens with one attached hydrogen (secondary N) is 2. The van der Waals surface area contributed by atoms with Crippen LogP contribution in [0.15, 0.2) is 47.5 Å². The van der Waals surface area contributed by atoms with Crippen LogP contribution >= 0.6 is 11.6 Å². The van der Waals surface area contributed by atoms with E-state index in [2.05, 4.69) is 50.6 Å². The Kier molecular flexibility index (Phi) is 4.53. The van der Waals surface area contributed by atoms with Gasteiger partial charge in [0.25, 0.3) is 0 Å². The van der Waals surface area contributed by atoms with E-state index >= 15 is 0 Å². The van der Waals surface area contributed by atoms with Crippen molar-refractivity contribution in [2.75, 3.05) is 43.4 Å². The molecule has 148 valence electrons. The first kappa shape index (κ1) is 18.2. The number of H-pyrrole nitrogens is 1. The summed E-state index contributed by atoms with van der Waals surface area (Å²) in [5.74, 6) is 0.734. The lowest BCUT2D eigenvalue weighted by molar-refractivity contribution is 0.313. The fourth-order valence-corrected chi connectivity index (χ4v) is 4.13. The number of rotatable bonds is 2. The van der Waals surface area contributed by atoms with Crippen molar-refractivity contribution < 1.29 is 0 Å². The molecule has 0 unspecified atom stereocenters. The Hall–Kier alpha value is -2.83. The average Bonchev–Trinajstić information content (AvgIpc) is 2.98. The van der Waals surface area contributed by atoms with Gasteiger partial charge in [-0.15, -0.1) is 0 Å². The molecule has 0 spiro atoms. The lowest BCUT2D eigenvalue weighted by atomic mass is 9.99. The van der Waals surface area contributed by atoms with Crippen LogP contribution < -0.4 is 10.2 Å². The minimum absolute atomic E-state index is 0.687. The van der Waals surface area contributed by atoms with Crippen LogP contribution in [0.2, 0.25) is 5.02 Å². The highest BCUT2D eigenvalue weighted by Crippen LogP contribution is 2.38. The van der Waals surface area contributed by atoms with Gasteiger partial charge in [0.05, 0.1) is 11.4 Å². The third-order valence-electron chi connectivity index (χ3n) is 5.65. The van der Waals surface area contributed by atoms with Gasteiger partial charge in [0.1, 0.15) is 5.69 Å². The molecule has 29 heavy (non-hydrogen) atoms. The van der Waals surface area contributed by atoms with Gasteiger partial charge >= 0.3 is 0 Å². The molecule has 1 fully saturated rings. The minimum atomic E-state index is 0.687.